The molecule has 264 valence electrons. The zero-order valence-electron chi connectivity index (χ0n) is 27.5. The topological polar surface area (TPSA) is 120 Å². The number of piperazine rings is 1. The summed E-state index contributed by atoms with van der Waals surface area (Å²) in [6.45, 7) is 2.20. The molecule has 50 heavy (non-hydrogen) atoms. The molecule has 1 saturated carbocycles. The van der Waals surface area contributed by atoms with E-state index in [4.69, 9.17) is 9.47 Å². The van der Waals surface area contributed by atoms with Gasteiger partial charge in [0.05, 0.1) is 25.2 Å². The zero-order chi connectivity index (χ0) is 35.5. The van der Waals surface area contributed by atoms with Gasteiger partial charge in [0, 0.05) is 24.7 Å². The van der Waals surface area contributed by atoms with Crippen molar-refractivity contribution in [3.63, 3.8) is 0 Å². The number of ether oxygens (including phenoxy) is 2. The molecule has 2 heterocycles. The van der Waals surface area contributed by atoms with Crippen LogP contribution >= 0.6 is 0 Å². The quantitative estimate of drug-likeness (QED) is 0.167. The van der Waals surface area contributed by atoms with E-state index in [0.717, 1.165) is 30.0 Å². The van der Waals surface area contributed by atoms with Crippen molar-refractivity contribution in [1.82, 2.24) is 14.7 Å². The van der Waals surface area contributed by atoms with E-state index >= 15 is 0 Å². The largest absolute Gasteiger partial charge is 0.492 e. The zero-order valence-corrected chi connectivity index (χ0v) is 27.5. The summed E-state index contributed by atoms with van der Waals surface area (Å²) in [7, 11) is 0. The van der Waals surface area contributed by atoms with Gasteiger partial charge < -0.3 is 29.5 Å². The summed E-state index contributed by atoms with van der Waals surface area (Å²) in [6.07, 6.45) is 0.202. The first kappa shape index (κ1) is 34.7. The van der Waals surface area contributed by atoms with E-state index in [0.29, 0.717) is 35.8 Å². The Labute approximate surface area is 287 Å². The lowest BCUT2D eigenvalue weighted by Crippen LogP contribution is -2.65. The van der Waals surface area contributed by atoms with E-state index in [9.17, 15) is 37.8 Å². The molecule has 2 bridgehead atoms. The maximum absolute atomic E-state index is 14.6. The van der Waals surface area contributed by atoms with Gasteiger partial charge >= 0.3 is 12.2 Å². The van der Waals surface area contributed by atoms with Gasteiger partial charge in [-0.15, -0.1) is 0 Å². The Kier molecular flexibility index (Phi) is 10.2. The lowest BCUT2D eigenvalue weighted by atomic mass is 9.81. The summed E-state index contributed by atoms with van der Waals surface area (Å²) in [5.74, 6) is -3.99. The minimum atomic E-state index is -1.38. The number of carbonyl (C=O) groups is 3. The van der Waals surface area contributed by atoms with Crippen LogP contribution < -0.4 is 9.47 Å². The average Bonchev–Trinajstić information content (AvgIpc) is 3.93. The first-order valence-electron chi connectivity index (χ1n) is 16.6. The summed E-state index contributed by atoms with van der Waals surface area (Å²) in [5, 5.41) is 20.1. The van der Waals surface area contributed by atoms with E-state index < -0.39 is 47.5 Å². The molecule has 6 rings (SSSR count). The molecule has 3 aromatic carbocycles. The number of fused-ring (bicyclic) bond motifs is 2. The Morgan fingerprint density at radius 3 is 2.32 bits per heavy atom. The van der Waals surface area contributed by atoms with E-state index in [1.54, 1.807) is 4.90 Å². The van der Waals surface area contributed by atoms with Crippen LogP contribution in [0.5, 0.6) is 11.5 Å². The third-order valence-electron chi connectivity index (χ3n) is 9.37. The van der Waals surface area contributed by atoms with E-state index in [-0.39, 0.29) is 56.8 Å². The second kappa shape index (κ2) is 14.7. The molecule has 2 fully saturated rings. The summed E-state index contributed by atoms with van der Waals surface area (Å²) in [6, 6.07) is 14.7. The smallest absolute Gasteiger partial charge is 0.408 e. The van der Waals surface area contributed by atoms with Crippen LogP contribution in [0.3, 0.4) is 0 Å². The lowest BCUT2D eigenvalue weighted by Gasteiger charge is -2.49. The third kappa shape index (κ3) is 7.51. The Morgan fingerprint density at radius 1 is 0.900 bits per heavy atom. The standard InChI is InChI=1S/C37H38F3N3O7/c1-22-4-2-6-27(18-22)49-17-15-42(25-11-12-25)35(44)32-28(19-26-20-41(36(45)46)21-31(32)43(26)37(47)48)24-9-7-23(8-10-24)5-3-16-50-34-30(39)14-13-29(38)33(34)40/h2,4,6-10,13-14,18,25-26,31H,3,5,11-12,15-17,19-21H2,1H3,(H,45,46)(H,47,48)/t26-,31-/m1/s1. The van der Waals surface area contributed by atoms with Crippen LogP contribution in [-0.2, 0) is 11.2 Å². The predicted octanol–water partition coefficient (Wildman–Crippen LogP) is 6.36. The van der Waals surface area contributed by atoms with Gasteiger partial charge in [-0.05, 0) is 85.6 Å². The predicted molar refractivity (Wildman–Crippen MR) is 177 cm³/mol. The van der Waals surface area contributed by atoms with Crippen molar-refractivity contribution in [1.29, 1.82) is 0 Å². The fourth-order valence-corrected chi connectivity index (χ4v) is 6.82. The molecule has 10 nitrogen and oxygen atoms in total. The van der Waals surface area contributed by atoms with Gasteiger partial charge in [-0.3, -0.25) is 9.69 Å². The average molecular weight is 694 g/mol. The van der Waals surface area contributed by atoms with Crippen molar-refractivity contribution in [3.05, 3.63) is 100 Å². The SMILES string of the molecule is Cc1cccc(OCCN(C(=O)C2=C(c3ccc(CCCOc4c(F)ccc(F)c4F)cc3)C[C@@H]3CN(C(=O)O)C[C@H]2N3C(=O)O)C2CC2)c1. The molecule has 0 spiro atoms. The van der Waals surface area contributed by atoms with Crippen LogP contribution in [0.25, 0.3) is 5.57 Å². The number of hydrogen-bond donors (Lipinski definition) is 2. The van der Waals surface area contributed by atoms with Crippen molar-refractivity contribution in [2.24, 2.45) is 0 Å². The Bertz CT molecular complexity index is 1800. The van der Waals surface area contributed by atoms with Crippen LogP contribution in [-0.4, -0.2) is 94.0 Å². The van der Waals surface area contributed by atoms with Gasteiger partial charge in [0.1, 0.15) is 12.4 Å². The number of carboxylic acid groups (broad SMARTS) is 2. The number of hydrogen-bond acceptors (Lipinski definition) is 5. The molecular formula is C37H38F3N3O7. The molecule has 1 aliphatic carbocycles. The van der Waals surface area contributed by atoms with Gasteiger partial charge in [-0.2, -0.15) is 4.39 Å². The van der Waals surface area contributed by atoms with Crippen LogP contribution in [0.1, 0.15) is 42.4 Å². The molecule has 3 aromatic rings. The van der Waals surface area contributed by atoms with E-state index in [1.165, 1.54) is 9.80 Å². The molecule has 2 aliphatic heterocycles. The van der Waals surface area contributed by atoms with E-state index in [2.05, 4.69) is 0 Å². The van der Waals surface area contributed by atoms with Crippen molar-refractivity contribution >= 4 is 23.7 Å². The molecule has 3 aliphatic rings. The Hall–Kier alpha value is -5.20. The van der Waals surface area contributed by atoms with Gasteiger partial charge in [0.25, 0.3) is 5.91 Å². The summed E-state index contributed by atoms with van der Waals surface area (Å²) in [4.78, 5) is 43.3. The summed E-state index contributed by atoms with van der Waals surface area (Å²) in [5.41, 5.74) is 3.56. The Morgan fingerprint density at radius 2 is 1.64 bits per heavy atom. The van der Waals surface area contributed by atoms with Crippen molar-refractivity contribution in [2.45, 2.75) is 57.2 Å². The molecule has 2 atom stereocenters. The second-order valence-electron chi connectivity index (χ2n) is 12.9. The van der Waals surface area contributed by atoms with Crippen molar-refractivity contribution in [2.75, 3.05) is 32.8 Å². The van der Waals surface area contributed by atoms with Crippen molar-refractivity contribution < 1.29 is 47.2 Å². The van der Waals surface area contributed by atoms with E-state index in [1.807, 2.05) is 55.5 Å². The second-order valence-corrected chi connectivity index (χ2v) is 12.9. The maximum Gasteiger partial charge on any atom is 0.408 e. The molecule has 13 heteroatoms. The molecule has 1 saturated heterocycles. The highest BCUT2D eigenvalue weighted by Gasteiger charge is 2.49. The minimum Gasteiger partial charge on any atom is -0.492 e. The van der Waals surface area contributed by atoms with Crippen LogP contribution in [0.15, 0.2) is 66.2 Å². The first-order chi connectivity index (χ1) is 24.0. The highest BCUT2D eigenvalue weighted by Crippen LogP contribution is 2.41. The van der Waals surface area contributed by atoms with Gasteiger partial charge in [0.15, 0.2) is 17.4 Å². The number of nitrogens with zero attached hydrogens (tertiary/aromatic N) is 3. The molecule has 2 N–H and O–H groups in total. The molecule has 3 amide bonds. The molecule has 0 radical (unpaired) electrons. The van der Waals surface area contributed by atoms with Gasteiger partial charge in [-0.25, -0.2) is 18.4 Å². The highest BCUT2D eigenvalue weighted by molar-refractivity contribution is 6.04. The number of halogens is 3. The number of benzene rings is 3. The number of aryl methyl sites for hydroxylation is 2. The molecule has 0 aromatic heterocycles. The number of carbonyl (C=O) groups excluding carboxylic acids is 1. The summed E-state index contributed by atoms with van der Waals surface area (Å²) < 4.78 is 52.5. The maximum atomic E-state index is 14.6. The summed E-state index contributed by atoms with van der Waals surface area (Å²) >= 11 is 0. The molecule has 0 unspecified atom stereocenters. The van der Waals surface area contributed by atoms with Crippen LogP contribution in [0, 0.1) is 24.4 Å². The van der Waals surface area contributed by atoms with Crippen molar-refractivity contribution in [3.8, 4) is 11.5 Å². The monoisotopic (exact) mass is 693 g/mol. The van der Waals surface area contributed by atoms with Gasteiger partial charge in [0.2, 0.25) is 5.82 Å². The number of amides is 3. The minimum absolute atomic E-state index is 0.0235. The fourth-order valence-electron chi connectivity index (χ4n) is 6.82. The lowest BCUT2D eigenvalue weighted by molar-refractivity contribution is -0.129. The first-order valence-corrected chi connectivity index (χ1v) is 16.6. The van der Waals surface area contributed by atoms with Gasteiger partial charge in [-0.1, -0.05) is 36.4 Å². The fraction of sp³-hybridized carbons (Fsp3) is 0.378. The highest BCUT2D eigenvalue weighted by atomic mass is 19.2. The molecular weight excluding hydrogens is 655 g/mol. The van der Waals surface area contributed by atoms with Crippen LogP contribution in [0.4, 0.5) is 22.8 Å². The Balaban J connectivity index is 1.24. The number of rotatable bonds is 12. The van der Waals surface area contributed by atoms with Crippen LogP contribution in [0.2, 0.25) is 0 Å². The normalized spacial score (nSPS) is 18.6. The third-order valence-corrected chi connectivity index (χ3v) is 9.37.